The molecule has 0 saturated heterocycles. The van der Waals surface area contributed by atoms with Crippen molar-refractivity contribution in [3.8, 4) is 0 Å². The minimum absolute atomic E-state index is 0.138. The van der Waals surface area contributed by atoms with E-state index in [1.807, 2.05) is 7.05 Å². The van der Waals surface area contributed by atoms with Crippen molar-refractivity contribution in [2.24, 2.45) is 0 Å². The molecule has 0 unspecified atom stereocenters. The zero-order valence-corrected chi connectivity index (χ0v) is 12.5. The van der Waals surface area contributed by atoms with Crippen LogP contribution in [0, 0.1) is 0 Å². The smallest absolute Gasteiger partial charge is 0.251 e. The average molecular weight is 297 g/mol. The van der Waals surface area contributed by atoms with E-state index in [4.69, 9.17) is 0 Å². The lowest BCUT2D eigenvalue weighted by Gasteiger charge is -2.16. The van der Waals surface area contributed by atoms with Gasteiger partial charge in [0.1, 0.15) is 0 Å². The molecule has 0 bridgehead atoms. The van der Waals surface area contributed by atoms with Crippen molar-refractivity contribution in [3.63, 3.8) is 0 Å². The van der Waals surface area contributed by atoms with Gasteiger partial charge in [-0.05, 0) is 37.2 Å². The maximum Gasteiger partial charge on any atom is 0.251 e. The van der Waals surface area contributed by atoms with Gasteiger partial charge in [-0.2, -0.15) is 0 Å². The van der Waals surface area contributed by atoms with E-state index >= 15 is 0 Å². The summed E-state index contributed by atoms with van der Waals surface area (Å²) in [6.45, 7) is 1.71. The number of anilines is 1. The number of sulfonamides is 1. The van der Waals surface area contributed by atoms with Gasteiger partial charge in [-0.25, -0.2) is 8.42 Å². The molecule has 7 heteroatoms. The second kappa shape index (κ2) is 5.80. The van der Waals surface area contributed by atoms with E-state index < -0.39 is 10.0 Å². The van der Waals surface area contributed by atoms with Crippen LogP contribution in [0.1, 0.15) is 15.9 Å². The third-order valence-electron chi connectivity index (χ3n) is 3.26. The molecular weight excluding hydrogens is 278 g/mol. The molecule has 0 radical (unpaired) electrons. The van der Waals surface area contributed by atoms with Crippen LogP contribution >= 0.6 is 0 Å². The van der Waals surface area contributed by atoms with Gasteiger partial charge in [0.2, 0.25) is 10.0 Å². The second-order valence-electron chi connectivity index (χ2n) is 4.79. The average Bonchev–Trinajstić information content (AvgIpc) is 2.81. The zero-order chi connectivity index (χ0) is 14.8. The third kappa shape index (κ3) is 3.10. The van der Waals surface area contributed by atoms with Gasteiger partial charge >= 0.3 is 0 Å². The summed E-state index contributed by atoms with van der Waals surface area (Å²) in [5.74, 6) is -0.138. The Hall–Kier alpha value is -1.60. The fourth-order valence-electron chi connectivity index (χ4n) is 2.26. The van der Waals surface area contributed by atoms with Crippen LogP contribution in [0.5, 0.6) is 0 Å². The Morgan fingerprint density at radius 1 is 1.35 bits per heavy atom. The standard InChI is InChI=1S/C13H19N3O3S/c1-14-6-7-15-13(17)11-3-4-12-10(9-11)5-8-16(12)20(2,18)19/h3-4,9,14H,5-8H2,1-2H3,(H,15,17). The number of nitrogens with one attached hydrogen (secondary N) is 2. The van der Waals surface area contributed by atoms with Crippen LogP contribution in [-0.2, 0) is 16.4 Å². The first-order valence-electron chi connectivity index (χ1n) is 6.47. The lowest BCUT2D eigenvalue weighted by molar-refractivity contribution is 0.0954. The number of hydrogen-bond acceptors (Lipinski definition) is 4. The van der Waals surface area contributed by atoms with Gasteiger partial charge in [0.15, 0.2) is 0 Å². The Balaban J connectivity index is 2.16. The number of nitrogens with zero attached hydrogens (tertiary/aromatic N) is 1. The first-order valence-corrected chi connectivity index (χ1v) is 8.32. The minimum atomic E-state index is -3.24. The van der Waals surface area contributed by atoms with Crippen LogP contribution in [0.4, 0.5) is 5.69 Å². The molecule has 0 aliphatic carbocycles. The summed E-state index contributed by atoms with van der Waals surface area (Å²) in [6.07, 6.45) is 1.83. The Labute approximate surface area is 119 Å². The molecule has 1 aliphatic heterocycles. The van der Waals surface area contributed by atoms with Crippen molar-refractivity contribution in [2.45, 2.75) is 6.42 Å². The van der Waals surface area contributed by atoms with E-state index in [-0.39, 0.29) is 5.91 Å². The number of carbonyl (C=O) groups excluding carboxylic acids is 1. The SMILES string of the molecule is CNCCNC(=O)c1ccc2c(c1)CCN2S(C)(=O)=O. The Morgan fingerprint density at radius 2 is 2.10 bits per heavy atom. The molecule has 1 heterocycles. The number of fused-ring (bicyclic) bond motifs is 1. The van der Waals surface area contributed by atoms with E-state index in [1.165, 1.54) is 10.6 Å². The van der Waals surface area contributed by atoms with Crippen LogP contribution in [0.25, 0.3) is 0 Å². The highest BCUT2D eigenvalue weighted by atomic mass is 32.2. The van der Waals surface area contributed by atoms with E-state index in [0.717, 1.165) is 5.56 Å². The Morgan fingerprint density at radius 3 is 2.75 bits per heavy atom. The first kappa shape index (κ1) is 14.8. The molecule has 0 spiro atoms. The first-order chi connectivity index (χ1) is 9.43. The van der Waals surface area contributed by atoms with Crippen molar-refractivity contribution < 1.29 is 13.2 Å². The molecular formula is C13H19N3O3S. The predicted molar refractivity (Wildman–Crippen MR) is 78.6 cm³/mol. The normalized spacial score (nSPS) is 14.2. The summed E-state index contributed by atoms with van der Waals surface area (Å²) in [4.78, 5) is 11.9. The molecule has 1 amide bonds. The largest absolute Gasteiger partial charge is 0.351 e. The van der Waals surface area contributed by atoms with Crippen LogP contribution in [0.15, 0.2) is 18.2 Å². The monoisotopic (exact) mass is 297 g/mol. The maximum absolute atomic E-state index is 11.9. The number of benzene rings is 1. The Kier molecular flexibility index (Phi) is 4.29. The molecule has 1 aromatic rings. The topological polar surface area (TPSA) is 78.5 Å². The van der Waals surface area contributed by atoms with Crippen molar-refractivity contribution in [1.82, 2.24) is 10.6 Å². The van der Waals surface area contributed by atoms with Gasteiger partial charge < -0.3 is 10.6 Å². The number of amides is 1. The molecule has 1 aliphatic rings. The fourth-order valence-corrected chi connectivity index (χ4v) is 3.22. The van der Waals surface area contributed by atoms with Gasteiger partial charge in [-0.1, -0.05) is 0 Å². The quantitative estimate of drug-likeness (QED) is 0.748. The summed E-state index contributed by atoms with van der Waals surface area (Å²) < 4.78 is 24.6. The minimum Gasteiger partial charge on any atom is -0.351 e. The lowest BCUT2D eigenvalue weighted by Crippen LogP contribution is -2.30. The van der Waals surface area contributed by atoms with Crippen LogP contribution < -0.4 is 14.9 Å². The summed E-state index contributed by atoms with van der Waals surface area (Å²) in [5, 5.41) is 5.75. The molecule has 0 fully saturated rings. The van der Waals surface area contributed by atoms with Gasteiger partial charge in [0, 0.05) is 25.2 Å². The second-order valence-corrected chi connectivity index (χ2v) is 6.69. The molecule has 0 aromatic heterocycles. The molecule has 110 valence electrons. The van der Waals surface area contributed by atoms with Crippen molar-refractivity contribution in [1.29, 1.82) is 0 Å². The summed E-state index contributed by atoms with van der Waals surface area (Å²) in [7, 11) is -1.42. The van der Waals surface area contributed by atoms with Gasteiger partial charge in [0.25, 0.3) is 5.91 Å². The molecule has 2 rings (SSSR count). The maximum atomic E-state index is 11.9. The summed E-state index contributed by atoms with van der Waals surface area (Å²) >= 11 is 0. The number of rotatable bonds is 5. The van der Waals surface area contributed by atoms with Gasteiger partial charge in [-0.3, -0.25) is 9.10 Å². The van der Waals surface area contributed by atoms with Crippen LogP contribution in [-0.4, -0.2) is 47.3 Å². The predicted octanol–water partition coefficient (Wildman–Crippen LogP) is -0.0421. The third-order valence-corrected chi connectivity index (χ3v) is 4.44. The fraction of sp³-hybridized carbons (Fsp3) is 0.462. The molecule has 6 nitrogen and oxygen atoms in total. The van der Waals surface area contributed by atoms with E-state index in [0.29, 0.717) is 37.3 Å². The molecule has 2 N–H and O–H groups in total. The highest BCUT2D eigenvalue weighted by molar-refractivity contribution is 7.92. The number of likely N-dealkylation sites (N-methyl/N-ethyl adjacent to an activating group) is 1. The van der Waals surface area contributed by atoms with Crippen molar-refractivity contribution in [2.75, 3.05) is 37.2 Å². The zero-order valence-electron chi connectivity index (χ0n) is 11.6. The number of carbonyl (C=O) groups is 1. The van der Waals surface area contributed by atoms with Gasteiger partial charge in [-0.15, -0.1) is 0 Å². The summed E-state index contributed by atoms with van der Waals surface area (Å²) in [6, 6.07) is 5.14. The van der Waals surface area contributed by atoms with E-state index in [1.54, 1.807) is 18.2 Å². The Bertz CT molecular complexity index is 613. The van der Waals surface area contributed by atoms with Crippen LogP contribution in [0.3, 0.4) is 0 Å². The number of hydrogen-bond donors (Lipinski definition) is 2. The molecule has 20 heavy (non-hydrogen) atoms. The summed E-state index contributed by atoms with van der Waals surface area (Å²) in [5.41, 5.74) is 2.14. The van der Waals surface area contributed by atoms with E-state index in [2.05, 4.69) is 10.6 Å². The molecule has 1 aromatic carbocycles. The molecule has 0 saturated carbocycles. The van der Waals surface area contributed by atoms with Gasteiger partial charge in [0.05, 0.1) is 11.9 Å². The lowest BCUT2D eigenvalue weighted by atomic mass is 10.1. The van der Waals surface area contributed by atoms with E-state index in [9.17, 15) is 13.2 Å². The van der Waals surface area contributed by atoms with Crippen molar-refractivity contribution in [3.05, 3.63) is 29.3 Å². The van der Waals surface area contributed by atoms with Crippen molar-refractivity contribution >= 4 is 21.6 Å². The highest BCUT2D eigenvalue weighted by Crippen LogP contribution is 2.30. The molecule has 0 atom stereocenters. The van der Waals surface area contributed by atoms with Crippen LogP contribution in [0.2, 0.25) is 0 Å². The highest BCUT2D eigenvalue weighted by Gasteiger charge is 2.26.